The Balaban J connectivity index is 1.52. The zero-order valence-corrected chi connectivity index (χ0v) is 17.6. The smallest absolute Gasteiger partial charge is 0.307 e. The van der Waals surface area contributed by atoms with E-state index < -0.39 is 5.97 Å². The molecule has 1 atom stereocenters. The lowest BCUT2D eigenvalue weighted by Crippen LogP contribution is -2.39. The number of hydrogen-bond donors (Lipinski definition) is 1. The molecule has 0 aromatic heterocycles. The summed E-state index contributed by atoms with van der Waals surface area (Å²) in [5.74, 6) is -0.886. The van der Waals surface area contributed by atoms with Gasteiger partial charge in [-0.1, -0.05) is 78.9 Å². The molecule has 3 nitrogen and oxygen atoms in total. The lowest BCUT2D eigenvalue weighted by Gasteiger charge is -2.30. The van der Waals surface area contributed by atoms with Crippen LogP contribution in [0.2, 0.25) is 0 Å². The monoisotopic (exact) mass is 409 g/mol. The number of carbonyl (C=O) groups is 1. The maximum Gasteiger partial charge on any atom is 0.307 e. The summed E-state index contributed by atoms with van der Waals surface area (Å²) in [7, 11) is 0. The molecule has 5 rings (SSSR count). The van der Waals surface area contributed by atoms with E-state index in [1.807, 2.05) is 0 Å². The van der Waals surface area contributed by atoms with E-state index in [2.05, 4.69) is 83.8 Å². The third-order valence-electron chi connectivity index (χ3n) is 6.59. The third-order valence-corrected chi connectivity index (χ3v) is 6.59. The summed E-state index contributed by atoms with van der Waals surface area (Å²) in [5.41, 5.74) is 8.88. The molecule has 3 aromatic rings. The molecule has 0 radical (unpaired) electrons. The molecule has 31 heavy (non-hydrogen) atoms. The largest absolute Gasteiger partial charge is 0.481 e. The van der Waals surface area contributed by atoms with E-state index >= 15 is 0 Å². The van der Waals surface area contributed by atoms with Crippen LogP contribution in [0.1, 0.15) is 30.4 Å². The number of aliphatic carboxylic acids is 1. The first kappa shape index (κ1) is 19.8. The second kappa shape index (κ2) is 8.52. The minimum Gasteiger partial charge on any atom is -0.481 e. The third kappa shape index (κ3) is 3.82. The lowest BCUT2D eigenvalue weighted by molar-refractivity contribution is -0.143. The molecule has 156 valence electrons. The number of piperidine rings is 1. The van der Waals surface area contributed by atoms with Crippen LogP contribution >= 0.6 is 0 Å². The standard InChI is InChI=1S/C28H27NO2/c30-28(31)20-9-7-17-29(19-20)18-8-16-27-25-14-5-3-12-23(25)21-10-1-2-11-22(21)24-13-4-6-15-26(24)27/h1-6,10-16,20H,7-9,17-19H2,(H,30,31). The van der Waals surface area contributed by atoms with Gasteiger partial charge in [-0.2, -0.15) is 0 Å². The van der Waals surface area contributed by atoms with E-state index in [0.717, 1.165) is 32.4 Å². The predicted octanol–water partition coefficient (Wildman–Crippen LogP) is 5.95. The van der Waals surface area contributed by atoms with Gasteiger partial charge in [-0.15, -0.1) is 0 Å². The molecule has 1 saturated heterocycles. The Kier molecular flexibility index (Phi) is 5.44. The van der Waals surface area contributed by atoms with Crippen LogP contribution in [-0.2, 0) is 4.79 Å². The van der Waals surface area contributed by atoms with E-state index in [1.165, 1.54) is 39.0 Å². The molecular weight excluding hydrogens is 382 g/mol. The van der Waals surface area contributed by atoms with Crippen molar-refractivity contribution in [1.29, 1.82) is 0 Å². The molecule has 1 aliphatic carbocycles. The molecule has 1 N–H and O–H groups in total. The Morgan fingerprint density at radius 2 is 1.32 bits per heavy atom. The summed E-state index contributed by atoms with van der Waals surface area (Å²) in [6, 6.07) is 26.0. The van der Waals surface area contributed by atoms with E-state index in [4.69, 9.17) is 0 Å². The molecule has 3 aromatic carbocycles. The van der Waals surface area contributed by atoms with Crippen LogP contribution in [0.25, 0.3) is 27.8 Å². The highest BCUT2D eigenvalue weighted by atomic mass is 16.4. The SMILES string of the molecule is O=C(O)C1CCCN(CCC=C2c3ccccc3-c3ccccc3-c3ccccc32)C1. The molecule has 1 unspecified atom stereocenters. The summed E-state index contributed by atoms with van der Waals surface area (Å²) < 4.78 is 0. The number of carboxylic acids is 1. The zero-order valence-electron chi connectivity index (χ0n) is 17.6. The van der Waals surface area contributed by atoms with Crippen molar-refractivity contribution in [2.75, 3.05) is 19.6 Å². The topological polar surface area (TPSA) is 40.5 Å². The molecular formula is C28H27NO2. The van der Waals surface area contributed by atoms with E-state index in [9.17, 15) is 9.90 Å². The van der Waals surface area contributed by atoms with Crippen LogP contribution in [0.5, 0.6) is 0 Å². The summed E-state index contributed by atoms with van der Waals surface area (Å²) in [6.45, 7) is 2.55. The van der Waals surface area contributed by atoms with Crippen molar-refractivity contribution in [3.8, 4) is 22.3 Å². The first-order chi connectivity index (χ1) is 15.2. The Morgan fingerprint density at radius 1 is 0.839 bits per heavy atom. The fourth-order valence-corrected chi connectivity index (χ4v) is 5.08. The van der Waals surface area contributed by atoms with Crippen molar-refractivity contribution in [2.45, 2.75) is 19.3 Å². The van der Waals surface area contributed by atoms with Crippen LogP contribution in [0.3, 0.4) is 0 Å². The maximum absolute atomic E-state index is 11.4. The minimum absolute atomic E-state index is 0.227. The van der Waals surface area contributed by atoms with Crippen molar-refractivity contribution in [1.82, 2.24) is 4.90 Å². The maximum atomic E-state index is 11.4. The van der Waals surface area contributed by atoms with Crippen molar-refractivity contribution >= 4 is 11.5 Å². The Bertz CT molecular complexity index is 1080. The summed E-state index contributed by atoms with van der Waals surface area (Å²) in [4.78, 5) is 13.7. The van der Waals surface area contributed by atoms with E-state index in [0.29, 0.717) is 6.54 Å². The average molecular weight is 410 g/mol. The number of nitrogens with zero attached hydrogens (tertiary/aromatic N) is 1. The number of fused-ring (bicyclic) bond motifs is 5. The van der Waals surface area contributed by atoms with Crippen molar-refractivity contribution in [2.24, 2.45) is 5.92 Å². The Hall–Kier alpha value is -3.17. The van der Waals surface area contributed by atoms with Gasteiger partial charge in [0.25, 0.3) is 0 Å². The Morgan fingerprint density at radius 3 is 1.84 bits per heavy atom. The van der Waals surface area contributed by atoms with Gasteiger partial charge in [0.2, 0.25) is 0 Å². The van der Waals surface area contributed by atoms with Crippen molar-refractivity contribution < 1.29 is 9.90 Å². The number of rotatable bonds is 4. The molecule has 1 heterocycles. The van der Waals surface area contributed by atoms with Gasteiger partial charge in [-0.3, -0.25) is 4.79 Å². The van der Waals surface area contributed by atoms with Gasteiger partial charge in [0.15, 0.2) is 0 Å². The van der Waals surface area contributed by atoms with Crippen LogP contribution in [0.15, 0.2) is 78.9 Å². The Labute approximate surface area is 183 Å². The first-order valence-corrected chi connectivity index (χ1v) is 11.2. The normalized spacial score (nSPS) is 17.8. The van der Waals surface area contributed by atoms with Gasteiger partial charge in [0, 0.05) is 13.1 Å². The number of hydrogen-bond acceptors (Lipinski definition) is 2. The molecule has 0 saturated carbocycles. The number of carboxylic acid groups (broad SMARTS) is 1. The fraction of sp³-hybridized carbons (Fsp3) is 0.250. The molecule has 0 amide bonds. The summed E-state index contributed by atoms with van der Waals surface area (Å²) >= 11 is 0. The molecule has 1 fully saturated rings. The number of benzene rings is 3. The summed E-state index contributed by atoms with van der Waals surface area (Å²) in [6.07, 6.45) is 5.02. The molecule has 0 spiro atoms. The van der Waals surface area contributed by atoms with Crippen LogP contribution in [0.4, 0.5) is 0 Å². The van der Waals surface area contributed by atoms with Gasteiger partial charge >= 0.3 is 5.97 Å². The van der Waals surface area contributed by atoms with E-state index in [-0.39, 0.29) is 5.92 Å². The lowest BCUT2D eigenvalue weighted by atomic mass is 9.92. The van der Waals surface area contributed by atoms with Crippen molar-refractivity contribution in [3.05, 3.63) is 90.0 Å². The minimum atomic E-state index is -0.660. The highest BCUT2D eigenvalue weighted by Crippen LogP contribution is 2.45. The molecule has 1 aliphatic heterocycles. The highest BCUT2D eigenvalue weighted by molar-refractivity contribution is 6.01. The van der Waals surface area contributed by atoms with Gasteiger partial charge < -0.3 is 10.0 Å². The van der Waals surface area contributed by atoms with Gasteiger partial charge in [-0.05, 0) is 64.8 Å². The molecule has 0 bridgehead atoms. The highest BCUT2D eigenvalue weighted by Gasteiger charge is 2.25. The van der Waals surface area contributed by atoms with Gasteiger partial charge in [-0.25, -0.2) is 0 Å². The summed E-state index contributed by atoms with van der Waals surface area (Å²) in [5, 5.41) is 9.38. The quantitative estimate of drug-likeness (QED) is 0.453. The second-order valence-corrected chi connectivity index (χ2v) is 8.52. The van der Waals surface area contributed by atoms with E-state index in [1.54, 1.807) is 0 Å². The first-order valence-electron chi connectivity index (χ1n) is 11.2. The van der Waals surface area contributed by atoms with Crippen LogP contribution < -0.4 is 0 Å². The second-order valence-electron chi connectivity index (χ2n) is 8.52. The predicted molar refractivity (Wildman–Crippen MR) is 126 cm³/mol. The molecule has 2 aliphatic rings. The van der Waals surface area contributed by atoms with Gasteiger partial charge in [0.1, 0.15) is 0 Å². The van der Waals surface area contributed by atoms with Crippen LogP contribution in [-0.4, -0.2) is 35.6 Å². The van der Waals surface area contributed by atoms with Gasteiger partial charge in [0.05, 0.1) is 5.92 Å². The molecule has 3 heteroatoms. The van der Waals surface area contributed by atoms with Crippen LogP contribution in [0, 0.1) is 5.92 Å². The van der Waals surface area contributed by atoms with Crippen molar-refractivity contribution in [3.63, 3.8) is 0 Å². The average Bonchev–Trinajstić information content (AvgIpc) is 2.93. The fourth-order valence-electron chi connectivity index (χ4n) is 5.08. The zero-order chi connectivity index (χ0) is 21.2. The number of likely N-dealkylation sites (tertiary alicyclic amines) is 1.